The quantitative estimate of drug-likeness (QED) is 0.730. The SMILES string of the molecule is CCNc1nc2c(Cc3cccnc3)c(C)c(O)c(C)c2s1.Cl. The minimum Gasteiger partial charge on any atom is -0.507 e. The normalized spacial score (nSPS) is 10.6. The van der Waals surface area contributed by atoms with Gasteiger partial charge in [0.05, 0.1) is 10.2 Å². The zero-order valence-electron chi connectivity index (χ0n) is 13.4. The predicted octanol–water partition coefficient (Wildman–Crippen LogP) is 4.46. The molecule has 2 heterocycles. The number of thiazole rings is 1. The molecule has 0 aliphatic rings. The molecule has 4 nitrogen and oxygen atoms in total. The van der Waals surface area contributed by atoms with Gasteiger partial charge in [-0.15, -0.1) is 12.4 Å². The molecule has 0 saturated carbocycles. The standard InChI is InChI=1S/C17H19N3OS.ClH/c1-4-19-17-20-14-13(8-12-6-5-7-18-9-12)10(2)15(21)11(3)16(14)22-17;/h5-7,9,21H,4,8H2,1-3H3,(H,19,20);1H. The molecule has 0 bridgehead atoms. The maximum Gasteiger partial charge on any atom is 0.183 e. The summed E-state index contributed by atoms with van der Waals surface area (Å²) in [5.41, 5.74) is 4.99. The number of halogens is 1. The number of fused-ring (bicyclic) bond motifs is 1. The van der Waals surface area contributed by atoms with Crippen molar-refractivity contribution in [2.75, 3.05) is 11.9 Å². The molecule has 1 aromatic carbocycles. The number of hydrogen-bond donors (Lipinski definition) is 2. The van der Waals surface area contributed by atoms with Crippen LogP contribution in [-0.2, 0) is 6.42 Å². The molecular weight excluding hydrogens is 330 g/mol. The highest BCUT2D eigenvalue weighted by atomic mass is 35.5. The Labute approximate surface area is 146 Å². The maximum atomic E-state index is 10.4. The topological polar surface area (TPSA) is 58.0 Å². The van der Waals surface area contributed by atoms with Crippen LogP contribution < -0.4 is 5.32 Å². The van der Waals surface area contributed by atoms with Gasteiger partial charge in [-0.05, 0) is 43.5 Å². The van der Waals surface area contributed by atoms with Crippen molar-refractivity contribution in [2.24, 2.45) is 0 Å². The van der Waals surface area contributed by atoms with Gasteiger partial charge in [0.25, 0.3) is 0 Å². The van der Waals surface area contributed by atoms with Crippen molar-refractivity contribution in [2.45, 2.75) is 27.2 Å². The van der Waals surface area contributed by atoms with Gasteiger partial charge in [0.15, 0.2) is 5.13 Å². The Kier molecular flexibility index (Phi) is 5.44. The number of aromatic nitrogens is 2. The highest BCUT2D eigenvalue weighted by Gasteiger charge is 2.18. The number of nitrogens with zero attached hydrogens (tertiary/aromatic N) is 2. The number of aryl methyl sites for hydroxylation is 1. The lowest BCUT2D eigenvalue weighted by molar-refractivity contribution is 0.467. The van der Waals surface area contributed by atoms with Crippen LogP contribution in [0.5, 0.6) is 5.75 Å². The molecule has 0 aliphatic heterocycles. The van der Waals surface area contributed by atoms with Crippen molar-refractivity contribution >= 4 is 39.1 Å². The fourth-order valence-electron chi connectivity index (χ4n) is 2.64. The van der Waals surface area contributed by atoms with Crippen LogP contribution in [0.25, 0.3) is 10.2 Å². The maximum absolute atomic E-state index is 10.4. The van der Waals surface area contributed by atoms with Crippen LogP contribution in [0.15, 0.2) is 24.5 Å². The number of hydrogen-bond acceptors (Lipinski definition) is 5. The van der Waals surface area contributed by atoms with Gasteiger partial charge in [0.2, 0.25) is 0 Å². The molecule has 122 valence electrons. The van der Waals surface area contributed by atoms with Crippen molar-refractivity contribution in [3.8, 4) is 5.75 Å². The van der Waals surface area contributed by atoms with Crippen molar-refractivity contribution < 1.29 is 5.11 Å². The molecule has 6 heteroatoms. The summed E-state index contributed by atoms with van der Waals surface area (Å²) in [6.07, 6.45) is 4.35. The lowest BCUT2D eigenvalue weighted by atomic mass is 9.97. The minimum absolute atomic E-state index is 0. The van der Waals surface area contributed by atoms with Gasteiger partial charge >= 0.3 is 0 Å². The first kappa shape index (κ1) is 17.5. The highest BCUT2D eigenvalue weighted by molar-refractivity contribution is 7.22. The summed E-state index contributed by atoms with van der Waals surface area (Å²) in [5.74, 6) is 0.373. The number of anilines is 1. The molecule has 3 rings (SSSR count). The Bertz CT molecular complexity index is 818. The molecule has 0 atom stereocenters. The van der Waals surface area contributed by atoms with Gasteiger partial charge in [-0.1, -0.05) is 17.4 Å². The van der Waals surface area contributed by atoms with E-state index in [-0.39, 0.29) is 12.4 Å². The molecule has 0 saturated heterocycles. The Morgan fingerprint density at radius 3 is 2.70 bits per heavy atom. The summed E-state index contributed by atoms with van der Waals surface area (Å²) in [5, 5.41) is 14.6. The molecule has 3 aromatic rings. The first-order chi connectivity index (χ1) is 10.6. The van der Waals surface area contributed by atoms with Gasteiger partial charge in [-0.25, -0.2) is 4.98 Å². The average Bonchev–Trinajstić information content (AvgIpc) is 2.95. The zero-order chi connectivity index (χ0) is 15.7. The molecule has 0 radical (unpaired) electrons. The molecule has 0 fully saturated rings. The van der Waals surface area contributed by atoms with Crippen LogP contribution in [-0.4, -0.2) is 21.6 Å². The van der Waals surface area contributed by atoms with Crippen molar-refractivity contribution in [1.82, 2.24) is 9.97 Å². The molecular formula is C17H20ClN3OS. The molecule has 0 unspecified atom stereocenters. The molecule has 2 N–H and O–H groups in total. The summed E-state index contributed by atoms with van der Waals surface area (Å²) >= 11 is 1.60. The number of aromatic hydroxyl groups is 1. The molecule has 0 spiro atoms. The van der Waals surface area contributed by atoms with Gasteiger partial charge in [-0.2, -0.15) is 0 Å². The van der Waals surface area contributed by atoms with Gasteiger partial charge < -0.3 is 10.4 Å². The number of benzene rings is 1. The Hall–Kier alpha value is -1.85. The van der Waals surface area contributed by atoms with E-state index in [9.17, 15) is 5.11 Å². The number of rotatable bonds is 4. The fraction of sp³-hybridized carbons (Fsp3) is 0.294. The van der Waals surface area contributed by atoms with E-state index in [1.165, 1.54) is 0 Å². The van der Waals surface area contributed by atoms with E-state index in [0.717, 1.165) is 50.6 Å². The Balaban J connectivity index is 0.00000192. The van der Waals surface area contributed by atoms with Crippen LogP contribution in [0.3, 0.4) is 0 Å². The van der Waals surface area contributed by atoms with Crippen molar-refractivity contribution in [3.05, 3.63) is 46.8 Å². The fourth-order valence-corrected chi connectivity index (χ4v) is 3.70. The van der Waals surface area contributed by atoms with Crippen LogP contribution in [0.2, 0.25) is 0 Å². The molecule has 23 heavy (non-hydrogen) atoms. The lowest BCUT2D eigenvalue weighted by Crippen LogP contribution is -1.98. The summed E-state index contributed by atoms with van der Waals surface area (Å²) in [4.78, 5) is 8.91. The first-order valence-corrected chi connectivity index (χ1v) is 8.17. The van der Waals surface area contributed by atoms with E-state index in [0.29, 0.717) is 5.75 Å². The third kappa shape index (κ3) is 3.26. The second kappa shape index (κ2) is 7.15. The second-order valence-electron chi connectivity index (χ2n) is 5.34. The second-order valence-corrected chi connectivity index (χ2v) is 6.34. The van der Waals surface area contributed by atoms with Crippen LogP contribution >= 0.6 is 23.7 Å². The van der Waals surface area contributed by atoms with Gasteiger partial charge in [0.1, 0.15) is 5.75 Å². The van der Waals surface area contributed by atoms with E-state index >= 15 is 0 Å². The predicted molar refractivity (Wildman–Crippen MR) is 99.2 cm³/mol. The molecule has 2 aromatic heterocycles. The van der Waals surface area contributed by atoms with Crippen molar-refractivity contribution in [1.29, 1.82) is 0 Å². The zero-order valence-corrected chi connectivity index (χ0v) is 15.0. The van der Waals surface area contributed by atoms with Gasteiger partial charge in [-0.3, -0.25) is 4.98 Å². The largest absolute Gasteiger partial charge is 0.507 e. The van der Waals surface area contributed by atoms with E-state index in [2.05, 4.69) is 17.2 Å². The summed E-state index contributed by atoms with van der Waals surface area (Å²) < 4.78 is 1.05. The van der Waals surface area contributed by atoms with Crippen molar-refractivity contribution in [3.63, 3.8) is 0 Å². The lowest BCUT2D eigenvalue weighted by Gasteiger charge is -2.11. The third-order valence-corrected chi connectivity index (χ3v) is 4.98. The summed E-state index contributed by atoms with van der Waals surface area (Å²) in [7, 11) is 0. The van der Waals surface area contributed by atoms with E-state index in [1.807, 2.05) is 32.2 Å². The Morgan fingerprint density at radius 1 is 1.26 bits per heavy atom. The minimum atomic E-state index is 0. The monoisotopic (exact) mass is 349 g/mol. The van der Waals surface area contributed by atoms with Crippen LogP contribution in [0.1, 0.15) is 29.2 Å². The third-order valence-electron chi connectivity index (χ3n) is 3.85. The Morgan fingerprint density at radius 2 is 2.04 bits per heavy atom. The van der Waals surface area contributed by atoms with E-state index in [4.69, 9.17) is 4.98 Å². The first-order valence-electron chi connectivity index (χ1n) is 7.36. The van der Waals surface area contributed by atoms with Crippen LogP contribution in [0.4, 0.5) is 5.13 Å². The number of pyridine rings is 1. The number of nitrogens with one attached hydrogen (secondary N) is 1. The highest BCUT2D eigenvalue weighted by Crippen LogP contribution is 2.39. The summed E-state index contributed by atoms with van der Waals surface area (Å²) in [6, 6.07) is 3.98. The van der Waals surface area contributed by atoms with E-state index in [1.54, 1.807) is 17.5 Å². The van der Waals surface area contributed by atoms with Gasteiger partial charge in [0, 0.05) is 30.9 Å². The molecule has 0 aliphatic carbocycles. The number of phenols is 1. The average molecular weight is 350 g/mol. The molecule has 0 amide bonds. The summed E-state index contributed by atoms with van der Waals surface area (Å²) in [6.45, 7) is 6.80. The number of phenolic OH excluding ortho intramolecular Hbond substituents is 1. The van der Waals surface area contributed by atoms with E-state index < -0.39 is 0 Å². The van der Waals surface area contributed by atoms with Crippen LogP contribution in [0, 0.1) is 13.8 Å². The smallest absolute Gasteiger partial charge is 0.183 e.